The van der Waals surface area contributed by atoms with Crippen molar-refractivity contribution < 1.29 is 0 Å². The molecule has 2 unspecified atom stereocenters. The zero-order valence-corrected chi connectivity index (χ0v) is 6.45. The highest BCUT2D eigenvalue weighted by molar-refractivity contribution is 5.31. The van der Waals surface area contributed by atoms with E-state index in [9.17, 15) is 0 Å². The summed E-state index contributed by atoms with van der Waals surface area (Å²) in [5, 5.41) is 0. The summed E-state index contributed by atoms with van der Waals surface area (Å²) in [5.41, 5.74) is 0. The standard InChI is InChI=1S/C8H14N2/c1-9-6-7(9)8(6)10-4-2-3-5-10/h6-8H,2-5H2,1H3. The van der Waals surface area contributed by atoms with Gasteiger partial charge in [0, 0.05) is 18.1 Å². The molecule has 1 saturated carbocycles. The van der Waals surface area contributed by atoms with Crippen LogP contribution in [-0.4, -0.2) is 48.1 Å². The van der Waals surface area contributed by atoms with Crippen LogP contribution in [0.1, 0.15) is 12.8 Å². The van der Waals surface area contributed by atoms with Crippen LogP contribution in [0.25, 0.3) is 0 Å². The predicted octanol–water partition coefficient (Wildman–Crippen LogP) is 0.147. The predicted molar refractivity (Wildman–Crippen MR) is 39.9 cm³/mol. The molecule has 1 aliphatic carbocycles. The Bertz CT molecular complexity index is 153. The largest absolute Gasteiger partial charge is 0.297 e. The van der Waals surface area contributed by atoms with Crippen molar-refractivity contribution in [2.75, 3.05) is 20.1 Å². The molecule has 0 N–H and O–H groups in total. The zero-order chi connectivity index (χ0) is 6.72. The van der Waals surface area contributed by atoms with E-state index in [2.05, 4.69) is 16.8 Å². The lowest BCUT2D eigenvalue weighted by Gasteiger charge is -2.20. The zero-order valence-electron chi connectivity index (χ0n) is 6.45. The van der Waals surface area contributed by atoms with Crippen molar-refractivity contribution in [2.24, 2.45) is 0 Å². The van der Waals surface area contributed by atoms with E-state index in [-0.39, 0.29) is 0 Å². The number of likely N-dealkylation sites (tertiary alicyclic amines) is 2. The van der Waals surface area contributed by atoms with Crippen LogP contribution >= 0.6 is 0 Å². The monoisotopic (exact) mass is 138 g/mol. The summed E-state index contributed by atoms with van der Waals surface area (Å²) in [6, 6.07) is 2.96. The fourth-order valence-corrected chi connectivity index (χ4v) is 2.50. The van der Waals surface area contributed by atoms with Crippen molar-refractivity contribution in [2.45, 2.75) is 31.0 Å². The van der Waals surface area contributed by atoms with Crippen LogP contribution in [-0.2, 0) is 0 Å². The minimum atomic E-state index is 0.984. The molecule has 3 rings (SSSR count). The molecular weight excluding hydrogens is 124 g/mol. The van der Waals surface area contributed by atoms with Gasteiger partial charge in [-0.05, 0) is 33.0 Å². The van der Waals surface area contributed by atoms with Gasteiger partial charge in [0.05, 0.1) is 0 Å². The summed E-state index contributed by atoms with van der Waals surface area (Å²) in [6.07, 6.45) is 2.89. The van der Waals surface area contributed by atoms with E-state index in [4.69, 9.17) is 0 Å². The molecule has 10 heavy (non-hydrogen) atoms. The third kappa shape index (κ3) is 0.523. The molecule has 3 aliphatic rings. The summed E-state index contributed by atoms with van der Waals surface area (Å²) < 4.78 is 0. The first-order chi connectivity index (χ1) is 4.89. The number of hydrogen-bond acceptors (Lipinski definition) is 2. The quantitative estimate of drug-likeness (QED) is 0.476. The Morgan fingerprint density at radius 3 is 2.10 bits per heavy atom. The SMILES string of the molecule is CN1C2C(N3CCCC3)C21. The molecule has 2 aliphatic heterocycles. The van der Waals surface area contributed by atoms with Crippen LogP contribution in [0.4, 0.5) is 0 Å². The molecule has 56 valence electrons. The Morgan fingerprint density at radius 1 is 1.00 bits per heavy atom. The third-order valence-corrected chi connectivity index (χ3v) is 3.32. The van der Waals surface area contributed by atoms with Gasteiger partial charge in [0.1, 0.15) is 0 Å². The molecule has 0 amide bonds. The van der Waals surface area contributed by atoms with Crippen molar-refractivity contribution in [1.82, 2.24) is 9.80 Å². The van der Waals surface area contributed by atoms with Crippen LogP contribution in [0.15, 0.2) is 0 Å². The molecule has 3 fully saturated rings. The van der Waals surface area contributed by atoms with Gasteiger partial charge in [-0.1, -0.05) is 0 Å². The average molecular weight is 138 g/mol. The van der Waals surface area contributed by atoms with Gasteiger partial charge in [0.2, 0.25) is 0 Å². The summed E-state index contributed by atoms with van der Waals surface area (Å²) in [7, 11) is 2.24. The number of hydrogen-bond donors (Lipinski definition) is 0. The first-order valence-corrected chi connectivity index (χ1v) is 4.35. The van der Waals surface area contributed by atoms with E-state index in [1.807, 2.05) is 0 Å². The normalized spacial score (nSPS) is 58.5. The summed E-state index contributed by atoms with van der Waals surface area (Å²) in [6.45, 7) is 2.76. The van der Waals surface area contributed by atoms with E-state index in [1.165, 1.54) is 25.9 Å². The number of nitrogens with zero attached hydrogens (tertiary/aromatic N) is 2. The van der Waals surface area contributed by atoms with Crippen LogP contribution in [0, 0.1) is 0 Å². The Kier molecular flexibility index (Phi) is 0.868. The molecule has 0 aromatic heterocycles. The highest BCUT2D eigenvalue weighted by atomic mass is 15.5. The second kappa shape index (κ2) is 1.56. The molecule has 2 nitrogen and oxygen atoms in total. The lowest BCUT2D eigenvalue weighted by Crippen LogP contribution is -2.34. The minimum Gasteiger partial charge on any atom is -0.297 e. The molecule has 2 atom stereocenters. The van der Waals surface area contributed by atoms with Gasteiger partial charge in [0.15, 0.2) is 0 Å². The van der Waals surface area contributed by atoms with Gasteiger partial charge in [-0.25, -0.2) is 0 Å². The topological polar surface area (TPSA) is 6.25 Å². The van der Waals surface area contributed by atoms with E-state index in [1.54, 1.807) is 0 Å². The third-order valence-electron chi connectivity index (χ3n) is 3.32. The van der Waals surface area contributed by atoms with Crippen LogP contribution in [0.3, 0.4) is 0 Å². The van der Waals surface area contributed by atoms with Gasteiger partial charge >= 0.3 is 0 Å². The van der Waals surface area contributed by atoms with E-state index < -0.39 is 0 Å². The molecule has 0 aromatic carbocycles. The highest BCUT2D eigenvalue weighted by Gasteiger charge is 2.72. The van der Waals surface area contributed by atoms with Crippen LogP contribution in [0.5, 0.6) is 0 Å². The Balaban J connectivity index is 1.61. The second-order valence-electron chi connectivity index (χ2n) is 3.88. The molecule has 0 spiro atoms. The maximum atomic E-state index is 2.68. The molecule has 2 heteroatoms. The number of rotatable bonds is 1. The smallest absolute Gasteiger partial charge is 0.0440 e. The second-order valence-corrected chi connectivity index (χ2v) is 3.88. The lowest BCUT2D eigenvalue weighted by molar-refractivity contribution is 0.232. The minimum absolute atomic E-state index is 0.984. The first-order valence-electron chi connectivity index (χ1n) is 4.35. The number of fused-ring (bicyclic) bond motifs is 1. The van der Waals surface area contributed by atoms with Gasteiger partial charge in [-0.3, -0.25) is 9.80 Å². The molecule has 0 bridgehead atoms. The Morgan fingerprint density at radius 2 is 1.60 bits per heavy atom. The lowest BCUT2D eigenvalue weighted by atomic mass is 10.4. The van der Waals surface area contributed by atoms with E-state index >= 15 is 0 Å². The number of likely N-dealkylation sites (N-methyl/N-ethyl adjacent to an activating group) is 1. The first kappa shape index (κ1) is 5.56. The molecule has 0 aromatic rings. The fraction of sp³-hybridized carbons (Fsp3) is 1.00. The van der Waals surface area contributed by atoms with Crippen LogP contribution < -0.4 is 0 Å². The van der Waals surface area contributed by atoms with Crippen molar-refractivity contribution in [3.63, 3.8) is 0 Å². The van der Waals surface area contributed by atoms with Crippen molar-refractivity contribution in [1.29, 1.82) is 0 Å². The molecule has 2 heterocycles. The van der Waals surface area contributed by atoms with Crippen molar-refractivity contribution in [3.05, 3.63) is 0 Å². The maximum absolute atomic E-state index is 2.68. The molecular formula is C8H14N2. The van der Waals surface area contributed by atoms with Gasteiger partial charge in [-0.15, -0.1) is 0 Å². The van der Waals surface area contributed by atoms with Gasteiger partial charge in [-0.2, -0.15) is 0 Å². The fourth-order valence-electron chi connectivity index (χ4n) is 2.50. The van der Waals surface area contributed by atoms with E-state index in [0.29, 0.717) is 0 Å². The highest BCUT2D eigenvalue weighted by Crippen LogP contribution is 2.52. The van der Waals surface area contributed by atoms with Gasteiger partial charge < -0.3 is 0 Å². The molecule has 0 radical (unpaired) electrons. The maximum Gasteiger partial charge on any atom is 0.0440 e. The molecule has 2 saturated heterocycles. The Labute approximate surface area is 61.8 Å². The van der Waals surface area contributed by atoms with Crippen molar-refractivity contribution >= 4 is 0 Å². The van der Waals surface area contributed by atoms with E-state index in [0.717, 1.165) is 18.1 Å². The summed E-state index contributed by atoms with van der Waals surface area (Å²) in [4.78, 5) is 5.15. The van der Waals surface area contributed by atoms with Crippen LogP contribution in [0.2, 0.25) is 0 Å². The average Bonchev–Trinajstić information content (AvgIpc) is 2.76. The summed E-state index contributed by atoms with van der Waals surface area (Å²) >= 11 is 0. The Hall–Kier alpha value is -0.0800. The van der Waals surface area contributed by atoms with Gasteiger partial charge in [0.25, 0.3) is 0 Å². The summed E-state index contributed by atoms with van der Waals surface area (Å²) in [5.74, 6) is 0. The van der Waals surface area contributed by atoms with Crippen molar-refractivity contribution in [3.8, 4) is 0 Å².